The third-order valence-electron chi connectivity index (χ3n) is 2.80. The van der Waals surface area contributed by atoms with Gasteiger partial charge < -0.3 is 47.0 Å². The fourth-order valence-electron chi connectivity index (χ4n) is 1.49. The van der Waals surface area contributed by atoms with Gasteiger partial charge in [-0.25, -0.2) is 0 Å². The normalized spacial score (nSPS) is 18.6. The van der Waals surface area contributed by atoms with E-state index in [0.29, 0.717) is 19.6 Å². The molecule has 0 aliphatic carbocycles. The number of rotatable bonds is 11. The Morgan fingerprint density at radius 3 is 2.10 bits per heavy atom. The van der Waals surface area contributed by atoms with Crippen LogP contribution in [0.1, 0.15) is 0 Å². The first kappa shape index (κ1) is 20.1. The highest BCUT2D eigenvalue weighted by molar-refractivity contribution is 5.81. The van der Waals surface area contributed by atoms with Crippen molar-refractivity contribution in [2.75, 3.05) is 32.8 Å². The van der Waals surface area contributed by atoms with Crippen molar-refractivity contribution in [3.63, 3.8) is 0 Å². The molecule has 1 amide bonds. The molecular formula is C11H25N3O7. The van der Waals surface area contributed by atoms with Crippen molar-refractivity contribution < 1.29 is 35.4 Å². The summed E-state index contributed by atoms with van der Waals surface area (Å²) in [5, 5.41) is 60.9. The summed E-state index contributed by atoms with van der Waals surface area (Å²) in [5.74, 6) is -0.943. The summed E-state index contributed by atoms with van der Waals surface area (Å²) < 4.78 is 0. The SMILES string of the molecule is NCCNCCNC(=O)[C@H](O)[C@H](O)[C@@H](O)[C@H](O)[C@H](O)CO. The molecule has 0 saturated carbocycles. The Balaban J connectivity index is 4.22. The van der Waals surface area contributed by atoms with Gasteiger partial charge in [0.25, 0.3) is 5.91 Å². The van der Waals surface area contributed by atoms with Crippen LogP contribution in [0.25, 0.3) is 0 Å². The predicted molar refractivity (Wildman–Crippen MR) is 72.1 cm³/mol. The van der Waals surface area contributed by atoms with E-state index in [1.54, 1.807) is 0 Å². The molecule has 10 N–H and O–H groups in total. The maximum Gasteiger partial charge on any atom is 0.251 e. The van der Waals surface area contributed by atoms with Crippen LogP contribution in [0, 0.1) is 0 Å². The second-order valence-corrected chi connectivity index (χ2v) is 4.50. The van der Waals surface area contributed by atoms with Gasteiger partial charge >= 0.3 is 0 Å². The minimum absolute atomic E-state index is 0.167. The van der Waals surface area contributed by atoms with Gasteiger partial charge in [-0.2, -0.15) is 0 Å². The molecule has 0 fully saturated rings. The Morgan fingerprint density at radius 1 is 0.952 bits per heavy atom. The van der Waals surface area contributed by atoms with Crippen LogP contribution in [-0.2, 0) is 4.79 Å². The van der Waals surface area contributed by atoms with Gasteiger partial charge in [-0.1, -0.05) is 0 Å². The van der Waals surface area contributed by atoms with Crippen LogP contribution >= 0.6 is 0 Å². The van der Waals surface area contributed by atoms with Crippen LogP contribution in [0.15, 0.2) is 0 Å². The first-order valence-electron chi connectivity index (χ1n) is 6.56. The molecule has 0 heterocycles. The highest BCUT2D eigenvalue weighted by Gasteiger charge is 2.36. The van der Waals surface area contributed by atoms with Gasteiger partial charge in [-0.3, -0.25) is 4.79 Å². The minimum Gasteiger partial charge on any atom is -0.394 e. The summed E-state index contributed by atoms with van der Waals surface area (Å²) in [4.78, 5) is 11.5. The second-order valence-electron chi connectivity index (χ2n) is 4.50. The largest absolute Gasteiger partial charge is 0.394 e. The molecule has 21 heavy (non-hydrogen) atoms. The number of amides is 1. The first-order chi connectivity index (χ1) is 9.86. The number of aliphatic hydroxyl groups is 6. The molecule has 0 aliphatic heterocycles. The molecule has 0 radical (unpaired) electrons. The lowest BCUT2D eigenvalue weighted by molar-refractivity contribution is -0.156. The maximum atomic E-state index is 11.5. The van der Waals surface area contributed by atoms with E-state index in [0.717, 1.165) is 0 Å². The Bertz CT molecular complexity index is 295. The summed E-state index contributed by atoms with van der Waals surface area (Å²) in [5.41, 5.74) is 5.24. The number of aliphatic hydroxyl groups excluding tert-OH is 6. The van der Waals surface area contributed by atoms with Crippen LogP contribution in [0.2, 0.25) is 0 Å². The number of carbonyl (C=O) groups is 1. The smallest absolute Gasteiger partial charge is 0.251 e. The standard InChI is InChI=1S/C11H25N3O7/c12-1-2-13-3-4-14-11(21)10(20)9(19)8(18)7(17)6(16)5-15/h6-10,13,15-20H,1-5,12H2,(H,14,21)/t6-,7-,8+,9-,10-/m1/s1. The van der Waals surface area contributed by atoms with Crippen molar-refractivity contribution in [3.8, 4) is 0 Å². The fraction of sp³-hybridized carbons (Fsp3) is 0.909. The van der Waals surface area contributed by atoms with E-state index in [1.165, 1.54) is 0 Å². The van der Waals surface area contributed by atoms with Crippen LogP contribution in [-0.4, -0.2) is 99.9 Å². The molecule has 0 bridgehead atoms. The maximum absolute atomic E-state index is 11.5. The van der Waals surface area contributed by atoms with Crippen LogP contribution in [0.4, 0.5) is 0 Å². The topological polar surface area (TPSA) is 189 Å². The summed E-state index contributed by atoms with van der Waals surface area (Å²) >= 11 is 0. The molecule has 10 heteroatoms. The molecule has 10 nitrogen and oxygen atoms in total. The van der Waals surface area contributed by atoms with E-state index in [1.807, 2.05) is 0 Å². The van der Waals surface area contributed by atoms with Crippen molar-refractivity contribution in [1.82, 2.24) is 10.6 Å². The van der Waals surface area contributed by atoms with E-state index < -0.39 is 43.0 Å². The molecule has 0 spiro atoms. The Hall–Kier alpha value is -0.850. The van der Waals surface area contributed by atoms with Crippen LogP contribution in [0.3, 0.4) is 0 Å². The van der Waals surface area contributed by atoms with E-state index in [4.69, 9.17) is 15.9 Å². The third kappa shape index (κ3) is 7.11. The summed E-state index contributed by atoms with van der Waals surface area (Å²) in [7, 11) is 0. The molecule has 0 saturated heterocycles. The van der Waals surface area contributed by atoms with Gasteiger partial charge in [0.2, 0.25) is 0 Å². The van der Waals surface area contributed by atoms with Crippen molar-refractivity contribution in [2.45, 2.75) is 30.5 Å². The first-order valence-corrected chi connectivity index (χ1v) is 6.56. The minimum atomic E-state index is -2.02. The number of nitrogens with two attached hydrogens (primary N) is 1. The molecule has 0 aromatic rings. The van der Waals surface area contributed by atoms with Crippen molar-refractivity contribution in [3.05, 3.63) is 0 Å². The molecule has 0 rings (SSSR count). The fourth-order valence-corrected chi connectivity index (χ4v) is 1.49. The number of hydrogen-bond donors (Lipinski definition) is 9. The lowest BCUT2D eigenvalue weighted by Gasteiger charge is -2.27. The lowest BCUT2D eigenvalue weighted by atomic mass is 9.99. The quantitative estimate of drug-likeness (QED) is 0.168. The molecular weight excluding hydrogens is 286 g/mol. The summed E-state index contributed by atoms with van der Waals surface area (Å²) in [6.07, 6.45) is -9.61. The zero-order chi connectivity index (χ0) is 16.4. The molecule has 0 aromatic carbocycles. The van der Waals surface area contributed by atoms with Gasteiger partial charge in [-0.15, -0.1) is 0 Å². The van der Waals surface area contributed by atoms with Gasteiger partial charge in [0.15, 0.2) is 6.10 Å². The van der Waals surface area contributed by atoms with Crippen molar-refractivity contribution >= 4 is 5.91 Å². The summed E-state index contributed by atoms with van der Waals surface area (Å²) in [6.45, 7) is 0.721. The highest BCUT2D eigenvalue weighted by Crippen LogP contribution is 2.08. The monoisotopic (exact) mass is 311 g/mol. The van der Waals surface area contributed by atoms with E-state index in [2.05, 4.69) is 10.6 Å². The Labute approximate surface area is 122 Å². The van der Waals surface area contributed by atoms with Crippen LogP contribution < -0.4 is 16.4 Å². The second kappa shape index (κ2) is 10.8. The van der Waals surface area contributed by atoms with Gasteiger partial charge in [0.05, 0.1) is 6.61 Å². The van der Waals surface area contributed by atoms with Crippen molar-refractivity contribution in [2.24, 2.45) is 5.73 Å². The predicted octanol–water partition coefficient (Wildman–Crippen LogP) is -5.55. The number of hydrogen-bond acceptors (Lipinski definition) is 9. The van der Waals surface area contributed by atoms with Gasteiger partial charge in [-0.05, 0) is 0 Å². The number of nitrogens with one attached hydrogen (secondary N) is 2. The molecule has 0 unspecified atom stereocenters. The van der Waals surface area contributed by atoms with Crippen LogP contribution in [0.5, 0.6) is 0 Å². The van der Waals surface area contributed by atoms with E-state index in [9.17, 15) is 25.2 Å². The Kier molecular flexibility index (Phi) is 10.4. The van der Waals surface area contributed by atoms with Gasteiger partial charge in [0, 0.05) is 26.2 Å². The molecule has 0 aliphatic rings. The van der Waals surface area contributed by atoms with Gasteiger partial charge in [0.1, 0.15) is 24.4 Å². The Morgan fingerprint density at radius 2 is 1.57 bits per heavy atom. The highest BCUT2D eigenvalue weighted by atomic mass is 16.4. The lowest BCUT2D eigenvalue weighted by Crippen LogP contribution is -2.54. The van der Waals surface area contributed by atoms with E-state index >= 15 is 0 Å². The molecule has 0 aromatic heterocycles. The molecule has 126 valence electrons. The zero-order valence-corrected chi connectivity index (χ0v) is 11.6. The third-order valence-corrected chi connectivity index (χ3v) is 2.80. The summed E-state index contributed by atoms with van der Waals surface area (Å²) in [6, 6.07) is 0. The number of carbonyl (C=O) groups excluding carboxylic acids is 1. The average Bonchev–Trinajstić information content (AvgIpc) is 2.50. The average molecular weight is 311 g/mol. The van der Waals surface area contributed by atoms with Crippen molar-refractivity contribution in [1.29, 1.82) is 0 Å². The van der Waals surface area contributed by atoms with E-state index in [-0.39, 0.29) is 6.54 Å². The molecule has 5 atom stereocenters. The zero-order valence-electron chi connectivity index (χ0n) is 11.6.